The fourth-order valence-corrected chi connectivity index (χ4v) is 1.44. The normalized spacial score (nSPS) is 9.59. The summed E-state index contributed by atoms with van der Waals surface area (Å²) in [7, 11) is 0. The molecule has 0 saturated carbocycles. The minimum atomic E-state index is 0.00527. The molecule has 82 valence electrons. The van der Waals surface area contributed by atoms with Gasteiger partial charge in [-0.1, -0.05) is 0 Å². The average Bonchev–Trinajstić information content (AvgIpc) is 2.40. The van der Waals surface area contributed by atoms with Crippen LogP contribution in [0.5, 0.6) is 0 Å². The van der Waals surface area contributed by atoms with Crippen molar-refractivity contribution < 1.29 is 9.36 Å². The Morgan fingerprint density at radius 2 is 1.88 bits per heavy atom. The van der Waals surface area contributed by atoms with E-state index < -0.39 is 0 Å². The molecule has 0 aliphatic heterocycles. The molecule has 1 aromatic heterocycles. The predicted molar refractivity (Wildman–Crippen MR) is 59.9 cm³/mol. The molecule has 0 N–H and O–H groups in total. The smallest absolute Gasteiger partial charge is 0.227 e. The summed E-state index contributed by atoms with van der Waals surface area (Å²) in [5, 5.41) is 8.66. The number of carbonyl (C=O) groups is 1. The molecule has 0 unspecified atom stereocenters. The number of Topliss-reactive ketones (excluding diaryl/α,β-unsaturated/α-hetero) is 1. The molecule has 0 atom stereocenters. The van der Waals surface area contributed by atoms with Crippen LogP contribution in [0, 0.1) is 11.3 Å². The fraction of sp³-hybridized carbons (Fsp3) is 0.0769. The molecule has 0 spiro atoms. The molecular weight excluding hydrogens is 214 g/mol. The second-order valence-electron chi connectivity index (χ2n) is 3.53. The van der Waals surface area contributed by atoms with Gasteiger partial charge in [0, 0.05) is 5.56 Å². The summed E-state index contributed by atoms with van der Waals surface area (Å²) in [5.41, 5.74) is 1.16. The average molecular weight is 224 g/mol. The van der Waals surface area contributed by atoms with Gasteiger partial charge in [-0.05, 0) is 24.3 Å². The first-order valence-corrected chi connectivity index (χ1v) is 5.12. The largest absolute Gasteiger partial charge is 0.287 e. The summed E-state index contributed by atoms with van der Waals surface area (Å²) in [6.07, 6.45) is 6.74. The van der Waals surface area contributed by atoms with Crippen molar-refractivity contribution in [1.82, 2.24) is 4.98 Å². The van der Waals surface area contributed by atoms with Crippen LogP contribution >= 0.6 is 0 Å². The van der Waals surface area contributed by atoms with Crippen molar-refractivity contribution >= 4 is 5.78 Å². The van der Waals surface area contributed by atoms with Gasteiger partial charge in [-0.2, -0.15) is 9.83 Å². The maximum Gasteiger partial charge on any atom is 0.227 e. The van der Waals surface area contributed by atoms with Gasteiger partial charge in [0.25, 0.3) is 0 Å². The third kappa shape index (κ3) is 2.73. The highest BCUT2D eigenvalue weighted by molar-refractivity contribution is 5.95. The van der Waals surface area contributed by atoms with Gasteiger partial charge in [-0.25, -0.2) is 0 Å². The van der Waals surface area contributed by atoms with Crippen LogP contribution in [0.15, 0.2) is 49.1 Å². The molecule has 0 bridgehead atoms. The highest BCUT2D eigenvalue weighted by Crippen LogP contribution is 2.04. The lowest BCUT2D eigenvalue weighted by molar-refractivity contribution is -0.683. The molecule has 17 heavy (non-hydrogen) atoms. The van der Waals surface area contributed by atoms with Crippen LogP contribution in [0.3, 0.4) is 0 Å². The van der Waals surface area contributed by atoms with Gasteiger partial charge in [-0.3, -0.25) is 9.78 Å². The van der Waals surface area contributed by atoms with E-state index in [1.54, 1.807) is 53.6 Å². The Kier molecular flexibility index (Phi) is 3.22. The molecule has 1 heterocycles. The van der Waals surface area contributed by atoms with Gasteiger partial charge in [0.15, 0.2) is 12.4 Å². The first-order valence-electron chi connectivity index (χ1n) is 5.12. The highest BCUT2D eigenvalue weighted by atomic mass is 16.1. The molecule has 2 rings (SSSR count). The van der Waals surface area contributed by atoms with E-state index in [1.165, 1.54) is 0 Å². The van der Waals surface area contributed by atoms with Crippen LogP contribution in [0.2, 0.25) is 0 Å². The van der Waals surface area contributed by atoms with E-state index in [0.29, 0.717) is 11.1 Å². The molecule has 0 saturated heterocycles. The number of ketones is 1. The Labute approximate surface area is 98.8 Å². The topological polar surface area (TPSA) is 57.6 Å². The molecule has 4 nitrogen and oxygen atoms in total. The van der Waals surface area contributed by atoms with Gasteiger partial charge in [-0.15, -0.1) is 0 Å². The van der Waals surface area contributed by atoms with Gasteiger partial charge in [0.2, 0.25) is 12.3 Å². The maximum absolute atomic E-state index is 11.9. The van der Waals surface area contributed by atoms with Crippen LogP contribution in [0.25, 0.3) is 0 Å². The third-order valence-corrected chi connectivity index (χ3v) is 2.35. The SMILES string of the molecule is N#Cc1ccc(C(=O)C[n+]2ccncc2)cc1. The summed E-state index contributed by atoms with van der Waals surface area (Å²) in [6, 6.07) is 8.64. The number of aromatic nitrogens is 2. The van der Waals surface area contributed by atoms with E-state index in [4.69, 9.17) is 5.26 Å². The number of hydrogen-bond donors (Lipinski definition) is 0. The zero-order chi connectivity index (χ0) is 12.1. The Balaban J connectivity index is 2.13. The number of nitriles is 1. The highest BCUT2D eigenvalue weighted by Gasteiger charge is 2.11. The van der Waals surface area contributed by atoms with E-state index in [0.717, 1.165) is 0 Å². The van der Waals surface area contributed by atoms with Crippen LogP contribution in [0.4, 0.5) is 0 Å². The summed E-state index contributed by atoms with van der Waals surface area (Å²) in [6.45, 7) is 0.272. The minimum Gasteiger partial charge on any atom is -0.287 e. The molecule has 0 amide bonds. The Morgan fingerprint density at radius 1 is 1.24 bits per heavy atom. The van der Waals surface area contributed by atoms with Crippen molar-refractivity contribution in [2.45, 2.75) is 6.54 Å². The first-order chi connectivity index (χ1) is 8.29. The van der Waals surface area contributed by atoms with Gasteiger partial charge in [0.1, 0.15) is 0 Å². The molecular formula is C13H10N3O+. The van der Waals surface area contributed by atoms with E-state index >= 15 is 0 Å². The standard InChI is InChI=1S/C13H10N3O/c14-9-11-1-3-12(4-2-11)13(17)10-16-7-5-15-6-8-16/h1-8H,10H2/q+1. The molecule has 0 aliphatic carbocycles. The molecule has 1 aromatic carbocycles. The third-order valence-electron chi connectivity index (χ3n) is 2.35. The predicted octanol–water partition coefficient (Wildman–Crippen LogP) is 1.12. The Bertz CT molecular complexity index is 555. The molecule has 0 aliphatic rings. The number of carbonyl (C=O) groups excluding carboxylic acids is 1. The quantitative estimate of drug-likeness (QED) is 0.580. The van der Waals surface area contributed by atoms with Crippen LogP contribution in [0.1, 0.15) is 15.9 Å². The van der Waals surface area contributed by atoms with Gasteiger partial charge in [0.05, 0.1) is 24.0 Å². The molecule has 0 fully saturated rings. The van der Waals surface area contributed by atoms with Crippen LogP contribution in [-0.4, -0.2) is 10.8 Å². The van der Waals surface area contributed by atoms with Gasteiger partial charge < -0.3 is 0 Å². The van der Waals surface area contributed by atoms with Crippen molar-refractivity contribution in [3.8, 4) is 6.07 Å². The van der Waals surface area contributed by atoms with Gasteiger partial charge >= 0.3 is 0 Å². The summed E-state index contributed by atoms with van der Waals surface area (Å²) < 4.78 is 1.76. The van der Waals surface area contributed by atoms with Crippen molar-refractivity contribution in [1.29, 1.82) is 5.26 Å². The number of benzene rings is 1. The minimum absolute atomic E-state index is 0.00527. The zero-order valence-electron chi connectivity index (χ0n) is 9.08. The lowest BCUT2D eigenvalue weighted by atomic mass is 10.1. The monoisotopic (exact) mass is 224 g/mol. The molecule has 4 heteroatoms. The maximum atomic E-state index is 11.9. The van der Waals surface area contributed by atoms with Crippen molar-refractivity contribution in [2.75, 3.05) is 0 Å². The number of nitrogens with zero attached hydrogens (tertiary/aromatic N) is 3. The summed E-state index contributed by atoms with van der Waals surface area (Å²) >= 11 is 0. The number of hydrogen-bond acceptors (Lipinski definition) is 3. The Morgan fingerprint density at radius 3 is 2.47 bits per heavy atom. The zero-order valence-corrected chi connectivity index (χ0v) is 9.08. The molecule has 2 aromatic rings. The lowest BCUT2D eigenvalue weighted by Crippen LogP contribution is -2.37. The van der Waals surface area contributed by atoms with E-state index in [9.17, 15) is 4.79 Å². The second kappa shape index (κ2) is 4.99. The second-order valence-corrected chi connectivity index (χ2v) is 3.53. The fourth-order valence-electron chi connectivity index (χ4n) is 1.44. The van der Waals surface area contributed by atoms with E-state index in [2.05, 4.69) is 4.98 Å². The van der Waals surface area contributed by atoms with Crippen LogP contribution < -0.4 is 4.57 Å². The van der Waals surface area contributed by atoms with Crippen LogP contribution in [-0.2, 0) is 6.54 Å². The van der Waals surface area contributed by atoms with Crippen molar-refractivity contribution in [3.05, 3.63) is 60.2 Å². The van der Waals surface area contributed by atoms with E-state index in [-0.39, 0.29) is 12.3 Å². The first kappa shape index (κ1) is 11.0. The number of rotatable bonds is 3. The van der Waals surface area contributed by atoms with E-state index in [1.807, 2.05) is 6.07 Å². The molecule has 0 radical (unpaired) electrons. The Hall–Kier alpha value is -2.54. The van der Waals surface area contributed by atoms with Crippen molar-refractivity contribution in [2.24, 2.45) is 0 Å². The lowest BCUT2D eigenvalue weighted by Gasteiger charge is -1.97. The van der Waals surface area contributed by atoms with Crippen molar-refractivity contribution in [3.63, 3.8) is 0 Å². The summed E-state index contributed by atoms with van der Waals surface area (Å²) in [4.78, 5) is 15.8. The summed E-state index contributed by atoms with van der Waals surface area (Å²) in [5.74, 6) is 0.00527.